The first kappa shape index (κ1) is 14.8. The maximum Gasteiger partial charge on any atom is 0.257 e. The van der Waals surface area contributed by atoms with Gasteiger partial charge in [-0.15, -0.1) is 0 Å². The number of ether oxygens (including phenoxy) is 1. The molecule has 0 heterocycles. The molecule has 0 spiro atoms. The molecule has 1 aromatic carbocycles. The van der Waals surface area contributed by atoms with Crippen molar-refractivity contribution in [1.29, 1.82) is 0 Å². The summed E-state index contributed by atoms with van der Waals surface area (Å²) < 4.78 is 4.83. The van der Waals surface area contributed by atoms with Crippen LogP contribution in [0.1, 0.15) is 17.3 Å². The monoisotopic (exact) mass is 264 g/mol. The Labute approximate surface area is 111 Å². The summed E-state index contributed by atoms with van der Waals surface area (Å²) in [5.74, 6) is -1.49. The number of rotatable bonds is 5. The van der Waals surface area contributed by atoms with E-state index in [1.165, 1.54) is 14.0 Å². The molecule has 0 unspecified atom stereocenters. The molecule has 19 heavy (non-hydrogen) atoms. The maximum atomic E-state index is 11.8. The predicted molar refractivity (Wildman–Crippen MR) is 68.4 cm³/mol. The number of hydrogen-bond donors (Lipinski definition) is 2. The summed E-state index contributed by atoms with van der Waals surface area (Å²) in [6, 6.07) is 7.44. The van der Waals surface area contributed by atoms with Gasteiger partial charge < -0.3 is 10.1 Å². The molecule has 0 fully saturated rings. The number of nitrogens with one attached hydrogen (secondary N) is 2. The van der Waals surface area contributed by atoms with Crippen LogP contribution in [0.4, 0.5) is 0 Å². The van der Waals surface area contributed by atoms with E-state index in [0.29, 0.717) is 5.56 Å². The number of methoxy groups -OCH3 is 1. The molecule has 0 radical (unpaired) electrons. The van der Waals surface area contributed by atoms with Crippen LogP contribution in [0.5, 0.6) is 0 Å². The quantitative estimate of drug-likeness (QED) is 0.789. The molecule has 3 amide bonds. The second-order valence-corrected chi connectivity index (χ2v) is 3.89. The zero-order valence-electron chi connectivity index (χ0n) is 10.8. The van der Waals surface area contributed by atoms with E-state index in [-0.39, 0.29) is 12.5 Å². The minimum Gasteiger partial charge on any atom is -0.382 e. The zero-order valence-corrected chi connectivity index (χ0v) is 10.8. The molecule has 2 N–H and O–H groups in total. The van der Waals surface area contributed by atoms with Crippen molar-refractivity contribution in [2.24, 2.45) is 0 Å². The van der Waals surface area contributed by atoms with Gasteiger partial charge in [0.2, 0.25) is 5.91 Å². The average molecular weight is 264 g/mol. The van der Waals surface area contributed by atoms with Gasteiger partial charge in [0.15, 0.2) is 0 Å². The molecule has 0 saturated carbocycles. The van der Waals surface area contributed by atoms with Crippen molar-refractivity contribution in [1.82, 2.24) is 10.6 Å². The molecule has 0 saturated heterocycles. The first-order chi connectivity index (χ1) is 9.04. The van der Waals surface area contributed by atoms with Crippen molar-refractivity contribution >= 4 is 17.7 Å². The predicted octanol–water partition coefficient (Wildman–Crippen LogP) is 0.0941. The number of hydrogen-bond acceptors (Lipinski definition) is 4. The van der Waals surface area contributed by atoms with Gasteiger partial charge in [0.05, 0.1) is 6.61 Å². The van der Waals surface area contributed by atoms with E-state index in [1.54, 1.807) is 30.3 Å². The molecule has 1 atom stereocenters. The minimum atomic E-state index is -0.893. The Morgan fingerprint density at radius 1 is 1.21 bits per heavy atom. The zero-order chi connectivity index (χ0) is 14.3. The lowest BCUT2D eigenvalue weighted by molar-refractivity contribution is -0.128. The fraction of sp³-hybridized carbons (Fsp3) is 0.308. The number of carbonyl (C=O) groups excluding carboxylic acids is 3. The highest BCUT2D eigenvalue weighted by atomic mass is 16.5. The molecule has 0 aliphatic heterocycles. The maximum absolute atomic E-state index is 11.8. The van der Waals surface area contributed by atoms with E-state index < -0.39 is 17.9 Å². The van der Waals surface area contributed by atoms with Crippen LogP contribution in [0.25, 0.3) is 0 Å². The van der Waals surface area contributed by atoms with Gasteiger partial charge >= 0.3 is 0 Å². The highest BCUT2D eigenvalue weighted by Crippen LogP contribution is 1.98. The lowest BCUT2D eigenvalue weighted by Gasteiger charge is -2.15. The second-order valence-electron chi connectivity index (χ2n) is 3.89. The van der Waals surface area contributed by atoms with Crippen LogP contribution in [0.2, 0.25) is 0 Å². The van der Waals surface area contributed by atoms with E-state index in [0.717, 1.165) is 0 Å². The summed E-state index contributed by atoms with van der Waals surface area (Å²) in [7, 11) is 1.40. The van der Waals surface area contributed by atoms with E-state index >= 15 is 0 Å². The van der Waals surface area contributed by atoms with Crippen molar-refractivity contribution in [2.45, 2.75) is 13.0 Å². The Morgan fingerprint density at radius 3 is 2.37 bits per heavy atom. The van der Waals surface area contributed by atoms with Gasteiger partial charge in [-0.25, -0.2) is 0 Å². The van der Waals surface area contributed by atoms with Gasteiger partial charge in [-0.1, -0.05) is 18.2 Å². The molecule has 0 aliphatic carbocycles. The highest BCUT2D eigenvalue weighted by molar-refractivity contribution is 6.06. The van der Waals surface area contributed by atoms with E-state index in [2.05, 4.69) is 10.6 Å². The molecule has 102 valence electrons. The third-order valence-electron chi connectivity index (χ3n) is 2.30. The highest BCUT2D eigenvalue weighted by Gasteiger charge is 2.21. The SMILES string of the molecule is COC[C@@H](NC(C)=O)C(=O)NC(=O)c1ccccc1. The first-order valence-electron chi connectivity index (χ1n) is 5.71. The lowest BCUT2D eigenvalue weighted by atomic mass is 10.2. The number of imide groups is 1. The molecule has 0 bridgehead atoms. The molecule has 0 aromatic heterocycles. The Kier molecular flexibility index (Phi) is 5.69. The molecule has 1 rings (SSSR count). The molecular formula is C13H16N2O4. The lowest BCUT2D eigenvalue weighted by Crippen LogP contribution is -2.50. The summed E-state index contributed by atoms with van der Waals surface area (Å²) in [4.78, 5) is 34.5. The van der Waals surface area contributed by atoms with Crippen molar-refractivity contribution in [2.75, 3.05) is 13.7 Å². The van der Waals surface area contributed by atoms with Gasteiger partial charge in [0.1, 0.15) is 6.04 Å². The Hall–Kier alpha value is -2.21. The van der Waals surface area contributed by atoms with Crippen LogP contribution in [0.3, 0.4) is 0 Å². The van der Waals surface area contributed by atoms with Crippen LogP contribution < -0.4 is 10.6 Å². The fourth-order valence-corrected chi connectivity index (χ4v) is 1.46. The summed E-state index contributed by atoms with van der Waals surface area (Å²) in [5.41, 5.74) is 0.370. The van der Waals surface area contributed by atoms with Gasteiger partial charge in [-0.2, -0.15) is 0 Å². The smallest absolute Gasteiger partial charge is 0.257 e. The van der Waals surface area contributed by atoms with Crippen molar-refractivity contribution in [3.8, 4) is 0 Å². The largest absolute Gasteiger partial charge is 0.382 e. The van der Waals surface area contributed by atoms with E-state index in [4.69, 9.17) is 4.74 Å². The second kappa shape index (κ2) is 7.27. The Bertz CT molecular complexity index is 459. The molecule has 0 aliphatic rings. The number of benzene rings is 1. The van der Waals surface area contributed by atoms with E-state index in [9.17, 15) is 14.4 Å². The Morgan fingerprint density at radius 2 is 1.84 bits per heavy atom. The van der Waals surface area contributed by atoms with Gasteiger partial charge in [-0.05, 0) is 12.1 Å². The molecule has 6 heteroatoms. The number of carbonyl (C=O) groups is 3. The Balaban J connectivity index is 2.66. The summed E-state index contributed by atoms with van der Waals surface area (Å²) in [5, 5.41) is 4.62. The van der Waals surface area contributed by atoms with Crippen molar-refractivity contribution in [3.05, 3.63) is 35.9 Å². The molecule has 1 aromatic rings. The molecular weight excluding hydrogens is 248 g/mol. The van der Waals surface area contributed by atoms with Crippen LogP contribution in [0, 0.1) is 0 Å². The van der Waals surface area contributed by atoms with Crippen LogP contribution in [-0.2, 0) is 14.3 Å². The topological polar surface area (TPSA) is 84.5 Å². The van der Waals surface area contributed by atoms with Gasteiger partial charge in [0.25, 0.3) is 11.8 Å². The number of amides is 3. The average Bonchev–Trinajstić information content (AvgIpc) is 2.38. The third kappa shape index (κ3) is 4.89. The van der Waals surface area contributed by atoms with Crippen LogP contribution >= 0.6 is 0 Å². The van der Waals surface area contributed by atoms with E-state index in [1.807, 2.05) is 0 Å². The van der Waals surface area contributed by atoms with Crippen LogP contribution in [0.15, 0.2) is 30.3 Å². The van der Waals surface area contributed by atoms with Gasteiger partial charge in [-0.3, -0.25) is 19.7 Å². The fourth-order valence-electron chi connectivity index (χ4n) is 1.46. The van der Waals surface area contributed by atoms with Crippen molar-refractivity contribution < 1.29 is 19.1 Å². The van der Waals surface area contributed by atoms with Crippen LogP contribution in [-0.4, -0.2) is 37.5 Å². The molecule has 6 nitrogen and oxygen atoms in total. The summed E-state index contributed by atoms with van der Waals surface area (Å²) in [6.07, 6.45) is 0. The third-order valence-corrected chi connectivity index (χ3v) is 2.30. The van der Waals surface area contributed by atoms with Gasteiger partial charge in [0, 0.05) is 19.6 Å². The first-order valence-corrected chi connectivity index (χ1v) is 5.71. The summed E-state index contributed by atoms with van der Waals surface area (Å²) in [6.45, 7) is 1.28. The minimum absolute atomic E-state index is 0.00647. The normalized spacial score (nSPS) is 11.5. The van der Waals surface area contributed by atoms with Crippen molar-refractivity contribution in [3.63, 3.8) is 0 Å². The summed E-state index contributed by atoms with van der Waals surface area (Å²) >= 11 is 0. The standard InChI is InChI=1S/C13H16N2O4/c1-9(16)14-11(8-19-2)13(18)15-12(17)10-6-4-3-5-7-10/h3-7,11H,8H2,1-2H3,(H,14,16)(H,15,17,18)/t11-/m1/s1.